The van der Waals surface area contributed by atoms with Crippen LogP contribution < -0.4 is 9.47 Å². The predicted molar refractivity (Wildman–Crippen MR) is 114 cm³/mol. The second kappa shape index (κ2) is 11.6. The first-order valence-corrected chi connectivity index (χ1v) is 9.94. The van der Waals surface area contributed by atoms with Gasteiger partial charge in [-0.05, 0) is 24.3 Å². The molecule has 0 atom stereocenters. The van der Waals surface area contributed by atoms with Gasteiger partial charge in [-0.2, -0.15) is 0 Å². The molecule has 0 heterocycles. The van der Waals surface area contributed by atoms with E-state index in [0.29, 0.717) is 38.6 Å². The van der Waals surface area contributed by atoms with E-state index in [1.165, 1.54) is 6.08 Å². The second-order valence-corrected chi connectivity index (χ2v) is 7.63. The molecular formula is C19H15Cl5O4. The van der Waals surface area contributed by atoms with E-state index >= 15 is 0 Å². The number of rotatable bonds is 9. The first kappa shape index (κ1) is 23.0. The zero-order chi connectivity index (χ0) is 20.5. The van der Waals surface area contributed by atoms with Crippen LogP contribution in [0, 0.1) is 0 Å². The van der Waals surface area contributed by atoms with Crippen LogP contribution in [0.15, 0.2) is 47.0 Å². The molecule has 0 fully saturated rings. The summed E-state index contributed by atoms with van der Waals surface area (Å²) < 4.78 is 16.3. The average Bonchev–Trinajstić information content (AvgIpc) is 2.63. The van der Waals surface area contributed by atoms with E-state index < -0.39 is 5.97 Å². The molecule has 0 bridgehead atoms. The molecule has 28 heavy (non-hydrogen) atoms. The molecule has 150 valence electrons. The largest absolute Gasteiger partial charge is 0.490 e. The lowest BCUT2D eigenvalue weighted by atomic mass is 10.2. The number of carbonyl (C=O) groups is 1. The molecule has 2 aromatic carbocycles. The first-order valence-electron chi connectivity index (χ1n) is 8.05. The molecule has 0 unspecified atom stereocenters. The lowest BCUT2D eigenvalue weighted by Gasteiger charge is -2.12. The summed E-state index contributed by atoms with van der Waals surface area (Å²) in [4.78, 5) is 11.9. The minimum atomic E-state index is -0.453. The third kappa shape index (κ3) is 7.61. The standard InChI is InChI=1S/C19H15Cl5O4/c20-13-4-1-3-12(9-13)19(25)28-7-2-6-27-18-15(21)10-14(11-16(18)22)26-8-5-17(23)24/h1,3-5,9-11H,2,6-8H2. The van der Waals surface area contributed by atoms with Crippen LogP contribution in [0.3, 0.4) is 0 Å². The van der Waals surface area contributed by atoms with Crippen molar-refractivity contribution < 1.29 is 19.0 Å². The lowest BCUT2D eigenvalue weighted by molar-refractivity contribution is 0.0486. The fourth-order valence-electron chi connectivity index (χ4n) is 2.06. The third-order valence-corrected chi connectivity index (χ3v) is 4.39. The Hall–Kier alpha value is -1.30. The molecule has 0 aromatic heterocycles. The molecule has 0 saturated carbocycles. The summed E-state index contributed by atoms with van der Waals surface area (Å²) in [7, 11) is 0. The molecule has 0 saturated heterocycles. The van der Waals surface area contributed by atoms with Crippen molar-refractivity contribution in [3.05, 3.63) is 67.6 Å². The van der Waals surface area contributed by atoms with Crippen LogP contribution >= 0.6 is 58.0 Å². The Balaban J connectivity index is 1.79. The Morgan fingerprint density at radius 2 is 1.68 bits per heavy atom. The minimum Gasteiger partial charge on any atom is -0.490 e. The van der Waals surface area contributed by atoms with Crippen molar-refractivity contribution in [2.45, 2.75) is 6.42 Å². The van der Waals surface area contributed by atoms with Crippen LogP contribution in [0.1, 0.15) is 16.8 Å². The van der Waals surface area contributed by atoms with Gasteiger partial charge in [0, 0.05) is 23.6 Å². The van der Waals surface area contributed by atoms with Crippen molar-refractivity contribution in [2.24, 2.45) is 0 Å². The molecule has 0 spiro atoms. The van der Waals surface area contributed by atoms with Gasteiger partial charge in [-0.1, -0.05) is 64.1 Å². The summed E-state index contributed by atoms with van der Waals surface area (Å²) in [6.07, 6.45) is 1.94. The quantitative estimate of drug-likeness (QED) is 0.285. The number of ether oxygens (including phenoxy) is 3. The van der Waals surface area contributed by atoms with E-state index in [1.807, 2.05) is 0 Å². The van der Waals surface area contributed by atoms with Crippen LogP contribution in [-0.4, -0.2) is 25.8 Å². The Bertz CT molecular complexity index is 827. The summed E-state index contributed by atoms with van der Waals surface area (Å²) in [5.41, 5.74) is 0.389. The molecule has 4 nitrogen and oxygen atoms in total. The molecule has 0 aliphatic carbocycles. The van der Waals surface area contributed by atoms with Crippen LogP contribution in [-0.2, 0) is 4.74 Å². The first-order chi connectivity index (χ1) is 13.4. The summed E-state index contributed by atoms with van der Waals surface area (Å²) in [6, 6.07) is 9.67. The molecule has 2 aromatic rings. The molecule has 2 rings (SSSR count). The van der Waals surface area contributed by atoms with E-state index in [0.717, 1.165) is 0 Å². The highest BCUT2D eigenvalue weighted by molar-refractivity contribution is 6.55. The number of hydrogen-bond acceptors (Lipinski definition) is 4. The van der Waals surface area contributed by atoms with Gasteiger partial charge in [0.2, 0.25) is 0 Å². The van der Waals surface area contributed by atoms with Gasteiger partial charge < -0.3 is 14.2 Å². The van der Waals surface area contributed by atoms with Gasteiger partial charge in [-0.3, -0.25) is 0 Å². The van der Waals surface area contributed by atoms with Gasteiger partial charge in [0.15, 0.2) is 5.75 Å². The van der Waals surface area contributed by atoms with E-state index in [-0.39, 0.29) is 24.3 Å². The highest BCUT2D eigenvalue weighted by Gasteiger charge is 2.11. The highest BCUT2D eigenvalue weighted by Crippen LogP contribution is 2.37. The van der Waals surface area contributed by atoms with Crippen molar-refractivity contribution in [1.29, 1.82) is 0 Å². The number of halogens is 5. The van der Waals surface area contributed by atoms with E-state index in [1.54, 1.807) is 36.4 Å². The van der Waals surface area contributed by atoms with Crippen LogP contribution in [0.2, 0.25) is 15.1 Å². The number of benzene rings is 2. The fourth-order valence-corrected chi connectivity index (χ4v) is 2.95. The number of carbonyl (C=O) groups excluding carboxylic acids is 1. The van der Waals surface area contributed by atoms with Crippen LogP contribution in [0.5, 0.6) is 11.5 Å². The SMILES string of the molecule is O=C(OCCCOc1c(Cl)cc(OCC=C(Cl)Cl)cc1Cl)c1cccc(Cl)c1. The van der Waals surface area contributed by atoms with E-state index in [9.17, 15) is 4.79 Å². The third-order valence-electron chi connectivity index (χ3n) is 3.29. The zero-order valence-corrected chi connectivity index (χ0v) is 18.2. The maximum atomic E-state index is 11.9. The maximum Gasteiger partial charge on any atom is 0.338 e. The summed E-state index contributed by atoms with van der Waals surface area (Å²) in [6.45, 7) is 0.605. The average molecular weight is 485 g/mol. The van der Waals surface area contributed by atoms with Crippen molar-refractivity contribution in [3.8, 4) is 11.5 Å². The monoisotopic (exact) mass is 482 g/mol. The van der Waals surface area contributed by atoms with Gasteiger partial charge in [0.25, 0.3) is 0 Å². The number of esters is 1. The van der Waals surface area contributed by atoms with Crippen LogP contribution in [0.25, 0.3) is 0 Å². The Kier molecular flexibility index (Phi) is 9.56. The zero-order valence-electron chi connectivity index (χ0n) is 14.4. The van der Waals surface area contributed by atoms with Gasteiger partial charge in [-0.15, -0.1) is 0 Å². The van der Waals surface area contributed by atoms with Gasteiger partial charge in [-0.25, -0.2) is 4.79 Å². The van der Waals surface area contributed by atoms with Gasteiger partial charge >= 0.3 is 5.97 Å². The van der Waals surface area contributed by atoms with Crippen molar-refractivity contribution in [1.82, 2.24) is 0 Å². The van der Waals surface area contributed by atoms with E-state index in [2.05, 4.69) is 0 Å². The Morgan fingerprint density at radius 1 is 0.964 bits per heavy atom. The summed E-state index contributed by atoms with van der Waals surface area (Å²) in [5, 5.41) is 1.05. The second-order valence-electron chi connectivity index (χ2n) is 5.37. The Labute approximate surface area is 187 Å². The number of hydrogen-bond donors (Lipinski definition) is 0. The normalized spacial score (nSPS) is 10.3. The smallest absolute Gasteiger partial charge is 0.338 e. The fraction of sp³-hybridized carbons (Fsp3) is 0.211. The highest BCUT2D eigenvalue weighted by atomic mass is 35.5. The van der Waals surface area contributed by atoms with Gasteiger partial charge in [0.05, 0.1) is 28.8 Å². The van der Waals surface area contributed by atoms with Crippen molar-refractivity contribution in [2.75, 3.05) is 19.8 Å². The molecule has 0 N–H and O–H groups in total. The predicted octanol–water partition coefficient (Wildman–Crippen LogP) is 6.97. The minimum absolute atomic E-state index is 0.105. The van der Waals surface area contributed by atoms with E-state index in [4.69, 9.17) is 72.2 Å². The molecular weight excluding hydrogens is 469 g/mol. The van der Waals surface area contributed by atoms with Crippen molar-refractivity contribution in [3.63, 3.8) is 0 Å². The molecule has 0 amide bonds. The maximum absolute atomic E-state index is 11.9. The molecule has 0 aliphatic rings. The lowest BCUT2D eigenvalue weighted by Crippen LogP contribution is -2.09. The topological polar surface area (TPSA) is 44.8 Å². The molecule has 0 aliphatic heterocycles. The molecule has 0 radical (unpaired) electrons. The summed E-state index contributed by atoms with van der Waals surface area (Å²) in [5.74, 6) is 0.317. The summed E-state index contributed by atoms with van der Waals surface area (Å²) >= 11 is 29.2. The van der Waals surface area contributed by atoms with Crippen molar-refractivity contribution >= 4 is 64.0 Å². The molecule has 9 heteroatoms. The Morgan fingerprint density at radius 3 is 2.32 bits per heavy atom. The van der Waals surface area contributed by atoms with Gasteiger partial charge in [0.1, 0.15) is 16.8 Å². The van der Waals surface area contributed by atoms with Crippen LogP contribution in [0.4, 0.5) is 0 Å².